The average Bonchev–Trinajstić information content (AvgIpc) is 3.06. The van der Waals surface area contributed by atoms with Gasteiger partial charge in [0.15, 0.2) is 0 Å². The molecule has 1 aromatic heterocycles. The fraction of sp³-hybridized carbons (Fsp3) is 0.636. The third-order valence-electron chi connectivity index (χ3n) is 3.29. The van der Waals surface area contributed by atoms with Gasteiger partial charge < -0.3 is 20.1 Å². The average molecular weight is 237 g/mol. The van der Waals surface area contributed by atoms with Crippen LogP contribution in [0.2, 0.25) is 0 Å². The molecule has 1 aliphatic heterocycles. The summed E-state index contributed by atoms with van der Waals surface area (Å²) in [6, 6.07) is 1.41. The summed E-state index contributed by atoms with van der Waals surface area (Å²) >= 11 is 0. The van der Waals surface area contributed by atoms with Crippen LogP contribution < -0.4 is 10.5 Å². The van der Waals surface area contributed by atoms with Gasteiger partial charge >= 0.3 is 0 Å². The highest BCUT2D eigenvalue weighted by Crippen LogP contribution is 2.38. The molecule has 2 aliphatic rings. The molecule has 2 heterocycles. The minimum atomic E-state index is -0.763. The Morgan fingerprint density at radius 2 is 1.94 bits per heavy atom. The summed E-state index contributed by atoms with van der Waals surface area (Å²) in [5, 5.41) is 19.0. The van der Waals surface area contributed by atoms with E-state index >= 15 is 0 Å². The van der Waals surface area contributed by atoms with E-state index in [0.717, 1.165) is 18.7 Å². The van der Waals surface area contributed by atoms with Crippen LogP contribution in [0.5, 0.6) is 0 Å². The molecule has 0 amide bonds. The lowest BCUT2D eigenvalue weighted by Crippen LogP contribution is -2.25. The number of aromatic nitrogens is 2. The summed E-state index contributed by atoms with van der Waals surface area (Å²) in [5.74, 6) is 1.65. The highest BCUT2D eigenvalue weighted by Gasteiger charge is 2.32. The standard InChI is InChI=1S/C11H15N3O3/c15-7-4-14(5-8(7)16)9-3-10(17)13-11(12-9)6-1-2-6/h3,6-8,15-16H,1-2,4-5H2,(H,12,13,17). The summed E-state index contributed by atoms with van der Waals surface area (Å²) in [6.07, 6.45) is 0.607. The molecule has 0 bridgehead atoms. The SMILES string of the molecule is O=c1cc(N2CC(O)C(O)C2)nc(C2CC2)[nH]1. The molecule has 0 radical (unpaired) electrons. The van der Waals surface area contributed by atoms with Gasteiger partial charge in [0.2, 0.25) is 0 Å². The zero-order chi connectivity index (χ0) is 12.0. The molecule has 2 atom stereocenters. The third kappa shape index (κ3) is 2.05. The number of hydrogen-bond acceptors (Lipinski definition) is 5. The molecule has 6 heteroatoms. The van der Waals surface area contributed by atoms with E-state index in [1.165, 1.54) is 6.07 Å². The van der Waals surface area contributed by atoms with Crippen LogP contribution in [0, 0.1) is 0 Å². The number of anilines is 1. The van der Waals surface area contributed by atoms with Crippen molar-refractivity contribution in [2.45, 2.75) is 31.0 Å². The van der Waals surface area contributed by atoms with Crippen molar-refractivity contribution in [3.05, 3.63) is 22.2 Å². The molecule has 92 valence electrons. The first-order chi connectivity index (χ1) is 8.13. The molecule has 6 nitrogen and oxygen atoms in total. The van der Waals surface area contributed by atoms with Gasteiger partial charge in [0.1, 0.15) is 11.6 Å². The number of nitrogens with zero attached hydrogens (tertiary/aromatic N) is 2. The second-order valence-corrected chi connectivity index (χ2v) is 4.80. The fourth-order valence-electron chi connectivity index (χ4n) is 2.13. The third-order valence-corrected chi connectivity index (χ3v) is 3.29. The molecule has 0 aromatic carbocycles. The number of aliphatic hydroxyl groups is 2. The van der Waals surface area contributed by atoms with E-state index in [4.69, 9.17) is 0 Å². The van der Waals surface area contributed by atoms with Crippen LogP contribution >= 0.6 is 0 Å². The van der Waals surface area contributed by atoms with Crippen LogP contribution in [0.15, 0.2) is 10.9 Å². The lowest BCUT2D eigenvalue weighted by molar-refractivity contribution is 0.0572. The van der Waals surface area contributed by atoms with Gasteiger partial charge in [0.05, 0.1) is 12.2 Å². The van der Waals surface area contributed by atoms with Gasteiger partial charge in [0.25, 0.3) is 5.56 Å². The quantitative estimate of drug-likeness (QED) is 0.626. The summed E-state index contributed by atoms with van der Waals surface area (Å²) in [7, 11) is 0. The van der Waals surface area contributed by atoms with E-state index in [1.807, 2.05) is 0 Å². The molecule has 1 aliphatic carbocycles. The maximum atomic E-state index is 11.5. The number of aromatic amines is 1. The van der Waals surface area contributed by atoms with Crippen LogP contribution in [0.4, 0.5) is 5.82 Å². The van der Waals surface area contributed by atoms with E-state index in [0.29, 0.717) is 24.8 Å². The Balaban J connectivity index is 1.89. The first-order valence-corrected chi connectivity index (χ1v) is 5.86. The first kappa shape index (κ1) is 10.7. The second kappa shape index (κ2) is 3.82. The molecular formula is C11H15N3O3. The van der Waals surface area contributed by atoms with Crippen LogP contribution in [-0.2, 0) is 0 Å². The van der Waals surface area contributed by atoms with Crippen molar-refractivity contribution in [1.29, 1.82) is 0 Å². The summed E-state index contributed by atoms with van der Waals surface area (Å²) in [5.41, 5.74) is -0.173. The Labute approximate surface area is 97.9 Å². The minimum absolute atomic E-state index is 0.173. The van der Waals surface area contributed by atoms with Gasteiger partial charge in [0, 0.05) is 25.1 Å². The van der Waals surface area contributed by atoms with Crippen molar-refractivity contribution in [3.63, 3.8) is 0 Å². The molecule has 2 unspecified atom stereocenters. The summed E-state index contributed by atoms with van der Waals surface area (Å²) in [4.78, 5) is 20.4. The van der Waals surface area contributed by atoms with Crippen molar-refractivity contribution >= 4 is 5.82 Å². The summed E-state index contributed by atoms with van der Waals surface area (Å²) < 4.78 is 0. The first-order valence-electron chi connectivity index (χ1n) is 5.86. The van der Waals surface area contributed by atoms with Gasteiger partial charge in [-0.05, 0) is 12.8 Å². The van der Waals surface area contributed by atoms with Crippen molar-refractivity contribution in [2.75, 3.05) is 18.0 Å². The van der Waals surface area contributed by atoms with E-state index < -0.39 is 12.2 Å². The monoisotopic (exact) mass is 237 g/mol. The van der Waals surface area contributed by atoms with Gasteiger partial charge in [-0.3, -0.25) is 4.79 Å². The van der Waals surface area contributed by atoms with Gasteiger partial charge in [-0.25, -0.2) is 4.98 Å². The molecule has 0 spiro atoms. The smallest absolute Gasteiger partial charge is 0.252 e. The van der Waals surface area contributed by atoms with Crippen LogP contribution in [0.1, 0.15) is 24.6 Å². The number of hydrogen-bond donors (Lipinski definition) is 3. The predicted octanol–water partition coefficient (Wildman–Crippen LogP) is -0.811. The molecule has 17 heavy (non-hydrogen) atoms. The Hall–Kier alpha value is -1.40. The van der Waals surface area contributed by atoms with Gasteiger partial charge in [-0.2, -0.15) is 0 Å². The summed E-state index contributed by atoms with van der Waals surface area (Å²) in [6.45, 7) is 0.642. The van der Waals surface area contributed by atoms with Gasteiger partial charge in [-0.1, -0.05) is 0 Å². The number of aliphatic hydroxyl groups excluding tert-OH is 2. The van der Waals surface area contributed by atoms with Crippen molar-refractivity contribution in [2.24, 2.45) is 0 Å². The van der Waals surface area contributed by atoms with E-state index in [1.54, 1.807) is 4.90 Å². The molecular weight excluding hydrogens is 222 g/mol. The molecule has 3 N–H and O–H groups in total. The zero-order valence-electron chi connectivity index (χ0n) is 9.33. The van der Waals surface area contributed by atoms with E-state index in [9.17, 15) is 15.0 Å². The zero-order valence-corrected chi connectivity index (χ0v) is 9.33. The maximum Gasteiger partial charge on any atom is 0.252 e. The van der Waals surface area contributed by atoms with Crippen LogP contribution in [0.25, 0.3) is 0 Å². The second-order valence-electron chi connectivity index (χ2n) is 4.80. The lowest BCUT2D eigenvalue weighted by atomic mass is 10.3. The Kier molecular flexibility index (Phi) is 2.41. The van der Waals surface area contributed by atoms with E-state index in [2.05, 4.69) is 9.97 Å². The number of β-amino-alcohol motifs (C(OH)–C–C–N with tert-alkyl or cyclic N) is 2. The Bertz CT molecular complexity index is 473. The van der Waals surface area contributed by atoms with Crippen LogP contribution in [0.3, 0.4) is 0 Å². The number of rotatable bonds is 2. The molecule has 1 saturated heterocycles. The highest BCUT2D eigenvalue weighted by atomic mass is 16.3. The molecule has 3 rings (SSSR count). The Morgan fingerprint density at radius 1 is 1.29 bits per heavy atom. The van der Waals surface area contributed by atoms with Gasteiger partial charge in [-0.15, -0.1) is 0 Å². The minimum Gasteiger partial charge on any atom is -0.389 e. The molecule has 2 fully saturated rings. The largest absolute Gasteiger partial charge is 0.389 e. The fourth-order valence-corrected chi connectivity index (χ4v) is 2.13. The van der Waals surface area contributed by atoms with E-state index in [-0.39, 0.29) is 5.56 Å². The van der Waals surface area contributed by atoms with Crippen molar-refractivity contribution in [3.8, 4) is 0 Å². The molecule has 1 saturated carbocycles. The normalized spacial score (nSPS) is 28.7. The maximum absolute atomic E-state index is 11.5. The highest BCUT2D eigenvalue weighted by molar-refractivity contribution is 5.40. The van der Waals surface area contributed by atoms with Crippen LogP contribution in [-0.4, -0.2) is 45.5 Å². The number of H-pyrrole nitrogens is 1. The topological polar surface area (TPSA) is 89.5 Å². The van der Waals surface area contributed by atoms with Crippen molar-refractivity contribution in [1.82, 2.24) is 9.97 Å². The number of nitrogens with one attached hydrogen (secondary N) is 1. The Morgan fingerprint density at radius 3 is 2.53 bits per heavy atom. The molecule has 1 aromatic rings. The van der Waals surface area contributed by atoms with Crippen molar-refractivity contribution < 1.29 is 10.2 Å². The lowest BCUT2D eigenvalue weighted by Gasteiger charge is -2.16. The predicted molar refractivity (Wildman–Crippen MR) is 61.1 cm³/mol.